The predicted molar refractivity (Wildman–Crippen MR) is 104 cm³/mol. The van der Waals surface area contributed by atoms with Gasteiger partial charge < -0.3 is 4.74 Å². The summed E-state index contributed by atoms with van der Waals surface area (Å²) in [5.41, 5.74) is 4.98. The third-order valence-electron chi connectivity index (χ3n) is 4.00. The molecule has 0 bridgehead atoms. The van der Waals surface area contributed by atoms with Crippen molar-refractivity contribution < 1.29 is 28.8 Å². The van der Waals surface area contributed by atoms with Crippen LogP contribution in [0.3, 0.4) is 0 Å². The number of ether oxygens (including phenoxy) is 1. The summed E-state index contributed by atoms with van der Waals surface area (Å²) in [5.74, 6) is -2.53. The second kappa shape index (κ2) is 10.5. The number of benzene rings is 2. The van der Waals surface area contributed by atoms with Crippen LogP contribution in [0.4, 0.5) is 5.69 Å². The third-order valence-corrected chi connectivity index (χ3v) is 4.00. The van der Waals surface area contributed by atoms with Crippen LogP contribution in [0.15, 0.2) is 48.5 Å². The van der Waals surface area contributed by atoms with Crippen molar-refractivity contribution in [3.05, 3.63) is 75.3 Å². The molecule has 0 saturated carbocycles. The Kier molecular flexibility index (Phi) is 7.74. The normalized spacial score (nSPS) is 10.0. The SMILES string of the molecule is Cc1ccc(C(=O)COC(=O)CCC(=O)NNC(=O)c2ccccc2)cc1[N+](=O)[O-]. The van der Waals surface area contributed by atoms with Gasteiger partial charge in [0.05, 0.1) is 11.3 Å². The monoisotopic (exact) mass is 413 g/mol. The van der Waals surface area contributed by atoms with Gasteiger partial charge in [-0.2, -0.15) is 0 Å². The van der Waals surface area contributed by atoms with Crippen molar-refractivity contribution in [2.45, 2.75) is 19.8 Å². The molecule has 0 aliphatic carbocycles. The van der Waals surface area contributed by atoms with Gasteiger partial charge in [0, 0.05) is 29.2 Å². The van der Waals surface area contributed by atoms with Gasteiger partial charge in [0.2, 0.25) is 11.7 Å². The highest BCUT2D eigenvalue weighted by molar-refractivity contribution is 5.99. The molecule has 30 heavy (non-hydrogen) atoms. The van der Waals surface area contributed by atoms with Crippen LogP contribution >= 0.6 is 0 Å². The van der Waals surface area contributed by atoms with E-state index in [-0.39, 0.29) is 24.1 Å². The van der Waals surface area contributed by atoms with Gasteiger partial charge in [0.1, 0.15) is 0 Å². The van der Waals surface area contributed by atoms with Crippen molar-refractivity contribution in [2.75, 3.05) is 6.61 Å². The fourth-order valence-corrected chi connectivity index (χ4v) is 2.35. The minimum absolute atomic E-state index is 0.0430. The Bertz CT molecular complexity index is 974. The molecule has 0 aliphatic rings. The molecular weight excluding hydrogens is 394 g/mol. The first-order chi connectivity index (χ1) is 14.3. The standard InChI is InChI=1S/C20H19N3O7/c1-13-7-8-15(11-16(13)23(28)29)17(24)12-30-19(26)10-9-18(25)21-22-20(27)14-5-3-2-4-6-14/h2-8,11H,9-10,12H2,1H3,(H,21,25)(H,22,27). The van der Waals surface area contributed by atoms with E-state index in [1.807, 2.05) is 0 Å². The summed E-state index contributed by atoms with van der Waals surface area (Å²) in [5, 5.41) is 10.9. The van der Waals surface area contributed by atoms with Gasteiger partial charge in [0.25, 0.3) is 11.6 Å². The molecule has 0 heterocycles. The fourth-order valence-electron chi connectivity index (χ4n) is 2.35. The van der Waals surface area contributed by atoms with E-state index in [9.17, 15) is 29.3 Å². The number of amides is 2. The van der Waals surface area contributed by atoms with Gasteiger partial charge in [-0.05, 0) is 19.1 Å². The van der Waals surface area contributed by atoms with Crippen LogP contribution in [-0.4, -0.2) is 35.1 Å². The Balaban J connectivity index is 1.73. The topological polar surface area (TPSA) is 145 Å². The number of hydrogen-bond acceptors (Lipinski definition) is 7. The largest absolute Gasteiger partial charge is 0.457 e. The van der Waals surface area contributed by atoms with E-state index < -0.39 is 35.1 Å². The van der Waals surface area contributed by atoms with E-state index in [4.69, 9.17) is 4.74 Å². The van der Waals surface area contributed by atoms with Crippen LogP contribution in [0.2, 0.25) is 0 Å². The van der Waals surface area contributed by atoms with Crippen molar-refractivity contribution in [1.82, 2.24) is 10.9 Å². The average Bonchev–Trinajstić information content (AvgIpc) is 2.74. The van der Waals surface area contributed by atoms with Crippen LogP contribution in [0, 0.1) is 17.0 Å². The molecule has 2 N–H and O–H groups in total. The minimum Gasteiger partial charge on any atom is -0.457 e. The minimum atomic E-state index is -0.797. The maximum absolute atomic E-state index is 12.1. The lowest BCUT2D eigenvalue weighted by Crippen LogP contribution is -2.41. The first-order valence-electron chi connectivity index (χ1n) is 8.86. The highest BCUT2D eigenvalue weighted by Crippen LogP contribution is 2.19. The number of aryl methyl sites for hydroxylation is 1. The number of carbonyl (C=O) groups is 4. The number of nitro benzene ring substituents is 1. The van der Waals surface area contributed by atoms with Gasteiger partial charge in [-0.15, -0.1) is 0 Å². The maximum atomic E-state index is 12.1. The van der Waals surface area contributed by atoms with Crippen LogP contribution in [0.1, 0.15) is 39.1 Å². The molecule has 0 radical (unpaired) electrons. The number of nitrogens with one attached hydrogen (secondary N) is 2. The Morgan fingerprint density at radius 1 is 0.967 bits per heavy atom. The number of nitrogens with zero attached hydrogens (tertiary/aromatic N) is 1. The summed E-state index contributed by atoms with van der Waals surface area (Å²) in [4.78, 5) is 57.6. The highest BCUT2D eigenvalue weighted by atomic mass is 16.6. The zero-order chi connectivity index (χ0) is 22.1. The van der Waals surface area contributed by atoms with Crippen molar-refractivity contribution >= 4 is 29.3 Å². The zero-order valence-corrected chi connectivity index (χ0v) is 16.0. The smallest absolute Gasteiger partial charge is 0.306 e. The number of Topliss-reactive ketones (excluding diaryl/α,β-unsaturated/α-hetero) is 1. The molecule has 0 spiro atoms. The van der Waals surface area contributed by atoms with Gasteiger partial charge in [-0.1, -0.05) is 30.3 Å². The third kappa shape index (κ3) is 6.51. The first kappa shape index (κ1) is 22.2. The number of carbonyl (C=O) groups excluding carboxylic acids is 4. The van der Waals surface area contributed by atoms with E-state index in [2.05, 4.69) is 10.9 Å². The molecule has 0 fully saturated rings. The van der Waals surface area contributed by atoms with Gasteiger partial charge in [-0.3, -0.25) is 40.1 Å². The summed E-state index contributed by atoms with van der Waals surface area (Å²) in [6.07, 6.45) is -0.577. The molecule has 0 unspecified atom stereocenters. The molecule has 10 heteroatoms. The van der Waals surface area contributed by atoms with Crippen LogP contribution in [-0.2, 0) is 14.3 Å². The Morgan fingerprint density at radius 3 is 2.33 bits per heavy atom. The molecule has 2 aromatic rings. The average molecular weight is 413 g/mol. The highest BCUT2D eigenvalue weighted by Gasteiger charge is 2.17. The first-order valence-corrected chi connectivity index (χ1v) is 8.86. The number of esters is 1. The van der Waals surface area contributed by atoms with E-state index in [1.165, 1.54) is 12.1 Å². The number of nitro groups is 1. The lowest BCUT2D eigenvalue weighted by Gasteiger charge is -2.08. The lowest BCUT2D eigenvalue weighted by molar-refractivity contribution is -0.385. The van der Waals surface area contributed by atoms with Gasteiger partial charge in [-0.25, -0.2) is 0 Å². The number of hydrogen-bond donors (Lipinski definition) is 2. The van der Waals surface area contributed by atoms with E-state index in [0.29, 0.717) is 11.1 Å². The summed E-state index contributed by atoms with van der Waals surface area (Å²) in [6, 6.07) is 12.2. The summed E-state index contributed by atoms with van der Waals surface area (Å²) in [7, 11) is 0. The summed E-state index contributed by atoms with van der Waals surface area (Å²) >= 11 is 0. The zero-order valence-electron chi connectivity index (χ0n) is 16.0. The molecule has 2 amide bonds. The second-order valence-electron chi connectivity index (χ2n) is 6.21. The lowest BCUT2D eigenvalue weighted by atomic mass is 10.1. The number of ketones is 1. The number of rotatable bonds is 8. The van der Waals surface area contributed by atoms with Crippen LogP contribution < -0.4 is 10.9 Å². The fraction of sp³-hybridized carbons (Fsp3) is 0.200. The quantitative estimate of drug-likeness (QED) is 0.291. The molecule has 10 nitrogen and oxygen atoms in total. The van der Waals surface area contributed by atoms with Crippen LogP contribution in [0.25, 0.3) is 0 Å². The maximum Gasteiger partial charge on any atom is 0.306 e. The van der Waals surface area contributed by atoms with Crippen LogP contribution in [0.5, 0.6) is 0 Å². The molecule has 0 saturated heterocycles. The molecular formula is C20H19N3O7. The van der Waals surface area contributed by atoms with Crippen molar-refractivity contribution in [3.8, 4) is 0 Å². The Hall–Kier alpha value is -4.08. The molecule has 0 aliphatic heterocycles. The summed E-state index contributed by atoms with van der Waals surface area (Å²) in [6.45, 7) is 0.936. The molecule has 0 aromatic heterocycles. The second-order valence-corrected chi connectivity index (χ2v) is 6.21. The van der Waals surface area contributed by atoms with Crippen molar-refractivity contribution in [2.24, 2.45) is 0 Å². The van der Waals surface area contributed by atoms with Gasteiger partial charge >= 0.3 is 5.97 Å². The Morgan fingerprint density at radius 2 is 1.67 bits per heavy atom. The van der Waals surface area contributed by atoms with E-state index in [0.717, 1.165) is 6.07 Å². The van der Waals surface area contributed by atoms with Crippen molar-refractivity contribution in [1.29, 1.82) is 0 Å². The number of hydrazine groups is 1. The summed E-state index contributed by atoms with van der Waals surface area (Å²) < 4.78 is 4.81. The van der Waals surface area contributed by atoms with Crippen molar-refractivity contribution in [3.63, 3.8) is 0 Å². The van der Waals surface area contributed by atoms with Gasteiger partial charge in [0.15, 0.2) is 6.61 Å². The van der Waals surface area contributed by atoms with E-state index >= 15 is 0 Å². The molecule has 156 valence electrons. The molecule has 2 aromatic carbocycles. The molecule has 2 rings (SSSR count). The predicted octanol–water partition coefficient (Wildman–Crippen LogP) is 1.87. The Labute approximate surface area is 171 Å². The molecule has 0 atom stereocenters. The van der Waals surface area contributed by atoms with E-state index in [1.54, 1.807) is 37.3 Å².